The molecule has 0 atom stereocenters. The third-order valence-electron chi connectivity index (χ3n) is 2.13. The molecule has 0 radical (unpaired) electrons. The molecule has 17 heavy (non-hydrogen) atoms. The lowest BCUT2D eigenvalue weighted by Crippen LogP contribution is -2.29. The molecule has 5 heteroatoms. The van der Waals surface area contributed by atoms with Gasteiger partial charge in [0.15, 0.2) is 0 Å². The van der Waals surface area contributed by atoms with E-state index in [-0.39, 0.29) is 18.9 Å². The van der Waals surface area contributed by atoms with Gasteiger partial charge >= 0.3 is 11.9 Å². The molecule has 0 heterocycles. The van der Waals surface area contributed by atoms with Crippen LogP contribution in [0, 0.1) is 0 Å². The van der Waals surface area contributed by atoms with E-state index in [2.05, 4.69) is 0 Å². The summed E-state index contributed by atoms with van der Waals surface area (Å²) in [7, 11) is 0. The Bertz CT molecular complexity index is 282. The number of hydrogen-bond donors (Lipinski definition) is 0. The minimum atomic E-state index is -0.526. The third kappa shape index (κ3) is 5.38. The maximum Gasteiger partial charge on any atom is 0.354 e. The molecule has 0 unspecified atom stereocenters. The van der Waals surface area contributed by atoms with Crippen molar-refractivity contribution in [3.8, 4) is 0 Å². The molecular formula is C12H21NO4. The maximum atomic E-state index is 11.7. The number of likely N-dealkylation sites (N-methyl/N-ethyl adjacent to an activating group) is 1. The van der Waals surface area contributed by atoms with Crippen LogP contribution < -0.4 is 0 Å². The molecule has 0 saturated carbocycles. The third-order valence-corrected chi connectivity index (χ3v) is 2.13. The van der Waals surface area contributed by atoms with Crippen molar-refractivity contribution < 1.29 is 19.1 Å². The zero-order valence-electron chi connectivity index (χ0n) is 11.0. The van der Waals surface area contributed by atoms with Crippen molar-refractivity contribution in [2.75, 3.05) is 26.3 Å². The number of ether oxygens (including phenoxy) is 2. The Morgan fingerprint density at radius 1 is 1.00 bits per heavy atom. The summed E-state index contributed by atoms with van der Waals surface area (Å²) in [6, 6.07) is 0. The van der Waals surface area contributed by atoms with E-state index in [9.17, 15) is 9.59 Å². The lowest BCUT2D eigenvalue weighted by Gasteiger charge is -2.22. The number of carbonyl (C=O) groups is 2. The van der Waals surface area contributed by atoms with Crippen molar-refractivity contribution in [3.63, 3.8) is 0 Å². The highest BCUT2D eigenvalue weighted by atomic mass is 16.5. The smallest absolute Gasteiger partial charge is 0.354 e. The highest BCUT2D eigenvalue weighted by molar-refractivity contribution is 5.95. The molecule has 0 saturated heterocycles. The molecule has 0 spiro atoms. The highest BCUT2D eigenvalue weighted by Crippen LogP contribution is 2.07. The first kappa shape index (κ1) is 15.5. The zero-order valence-corrected chi connectivity index (χ0v) is 11.0. The summed E-state index contributed by atoms with van der Waals surface area (Å²) >= 11 is 0. The lowest BCUT2D eigenvalue weighted by molar-refractivity contribution is -0.142. The van der Waals surface area contributed by atoms with E-state index in [1.165, 1.54) is 6.08 Å². The molecule has 0 N–H and O–H groups in total. The van der Waals surface area contributed by atoms with Crippen LogP contribution in [-0.4, -0.2) is 43.1 Å². The van der Waals surface area contributed by atoms with Crippen LogP contribution in [-0.2, 0) is 19.1 Å². The normalized spacial score (nSPS) is 10.9. The van der Waals surface area contributed by atoms with Gasteiger partial charge in [0.25, 0.3) is 0 Å². The topological polar surface area (TPSA) is 55.8 Å². The second-order valence-corrected chi connectivity index (χ2v) is 3.17. The summed E-state index contributed by atoms with van der Waals surface area (Å²) in [6.07, 6.45) is 1.19. The van der Waals surface area contributed by atoms with Crippen molar-refractivity contribution in [2.24, 2.45) is 0 Å². The molecule has 0 rings (SSSR count). The van der Waals surface area contributed by atoms with E-state index < -0.39 is 11.9 Å². The Kier molecular flexibility index (Phi) is 7.84. The first-order valence-corrected chi connectivity index (χ1v) is 5.91. The predicted octanol–water partition coefficient (Wildman–Crippen LogP) is 1.34. The van der Waals surface area contributed by atoms with Gasteiger partial charge in [0.2, 0.25) is 0 Å². The average Bonchev–Trinajstić information content (AvgIpc) is 2.30. The standard InChI is InChI=1S/C12H21NO4/c1-5-13(6-2)10(12(15)17-8-4)9-11(14)16-7-3/h9H,5-8H2,1-4H3/b10-9-. The van der Waals surface area contributed by atoms with Crippen LogP contribution in [0.3, 0.4) is 0 Å². The van der Waals surface area contributed by atoms with Gasteiger partial charge in [-0.25, -0.2) is 9.59 Å². The summed E-state index contributed by atoms with van der Waals surface area (Å²) in [4.78, 5) is 24.8. The van der Waals surface area contributed by atoms with Crippen LogP contribution in [0.5, 0.6) is 0 Å². The van der Waals surface area contributed by atoms with E-state index in [1.54, 1.807) is 18.7 Å². The zero-order chi connectivity index (χ0) is 13.3. The van der Waals surface area contributed by atoms with Gasteiger partial charge in [-0.15, -0.1) is 0 Å². The fourth-order valence-electron chi connectivity index (χ4n) is 1.34. The van der Waals surface area contributed by atoms with Gasteiger partial charge in [-0.2, -0.15) is 0 Å². The molecule has 0 aliphatic heterocycles. The number of esters is 2. The van der Waals surface area contributed by atoms with Crippen molar-refractivity contribution in [3.05, 3.63) is 11.8 Å². The van der Waals surface area contributed by atoms with Crippen molar-refractivity contribution >= 4 is 11.9 Å². The highest BCUT2D eigenvalue weighted by Gasteiger charge is 2.18. The Hall–Kier alpha value is -1.52. The monoisotopic (exact) mass is 243 g/mol. The molecule has 0 fully saturated rings. The average molecular weight is 243 g/mol. The van der Waals surface area contributed by atoms with Crippen LogP contribution in [0.2, 0.25) is 0 Å². The molecule has 0 aromatic heterocycles. The first-order valence-electron chi connectivity index (χ1n) is 5.91. The van der Waals surface area contributed by atoms with Gasteiger partial charge in [-0.3, -0.25) is 0 Å². The van der Waals surface area contributed by atoms with E-state index >= 15 is 0 Å². The first-order chi connectivity index (χ1) is 8.10. The minimum Gasteiger partial charge on any atom is -0.463 e. The maximum absolute atomic E-state index is 11.7. The Morgan fingerprint density at radius 2 is 1.53 bits per heavy atom. The van der Waals surface area contributed by atoms with Crippen LogP contribution in [0.25, 0.3) is 0 Å². The number of rotatable bonds is 7. The van der Waals surface area contributed by atoms with Gasteiger partial charge in [0, 0.05) is 13.1 Å². The Labute approximate surface area is 102 Å². The Morgan fingerprint density at radius 3 is 1.94 bits per heavy atom. The van der Waals surface area contributed by atoms with Gasteiger partial charge in [-0.05, 0) is 27.7 Å². The van der Waals surface area contributed by atoms with Gasteiger partial charge in [0.1, 0.15) is 5.70 Å². The molecule has 0 bridgehead atoms. The molecule has 0 aromatic carbocycles. The van der Waals surface area contributed by atoms with E-state index in [1.807, 2.05) is 13.8 Å². The molecule has 98 valence electrons. The summed E-state index contributed by atoms with van der Waals surface area (Å²) in [5.41, 5.74) is 0.246. The molecule has 0 aliphatic rings. The van der Waals surface area contributed by atoms with Gasteiger partial charge in [0.05, 0.1) is 19.3 Å². The van der Waals surface area contributed by atoms with E-state index in [0.29, 0.717) is 13.1 Å². The molecular weight excluding hydrogens is 222 g/mol. The largest absolute Gasteiger partial charge is 0.463 e. The number of hydrogen-bond acceptors (Lipinski definition) is 5. The molecule has 5 nitrogen and oxygen atoms in total. The number of nitrogens with zero attached hydrogens (tertiary/aromatic N) is 1. The van der Waals surface area contributed by atoms with Crippen LogP contribution in [0.15, 0.2) is 11.8 Å². The van der Waals surface area contributed by atoms with Crippen LogP contribution in [0.1, 0.15) is 27.7 Å². The summed E-state index contributed by atoms with van der Waals surface area (Å²) < 4.78 is 9.70. The van der Waals surface area contributed by atoms with E-state index in [0.717, 1.165) is 0 Å². The van der Waals surface area contributed by atoms with Crippen molar-refractivity contribution in [2.45, 2.75) is 27.7 Å². The summed E-state index contributed by atoms with van der Waals surface area (Å²) in [6.45, 7) is 9.06. The van der Waals surface area contributed by atoms with Crippen molar-refractivity contribution in [1.29, 1.82) is 0 Å². The summed E-state index contributed by atoms with van der Waals surface area (Å²) in [5, 5.41) is 0. The van der Waals surface area contributed by atoms with Crippen LogP contribution in [0.4, 0.5) is 0 Å². The SMILES string of the molecule is CCOC(=O)/C=C(/C(=O)OCC)N(CC)CC. The quantitative estimate of drug-likeness (QED) is 0.499. The minimum absolute atomic E-state index is 0.246. The second kappa shape index (κ2) is 8.61. The van der Waals surface area contributed by atoms with Gasteiger partial charge in [-0.1, -0.05) is 0 Å². The van der Waals surface area contributed by atoms with Crippen molar-refractivity contribution in [1.82, 2.24) is 4.90 Å². The molecule has 0 amide bonds. The summed E-state index contributed by atoms with van der Waals surface area (Å²) in [5.74, 6) is -1.02. The fraction of sp³-hybridized carbons (Fsp3) is 0.667. The molecule has 0 aromatic rings. The fourth-order valence-corrected chi connectivity index (χ4v) is 1.34. The van der Waals surface area contributed by atoms with Crippen LogP contribution >= 0.6 is 0 Å². The second-order valence-electron chi connectivity index (χ2n) is 3.17. The van der Waals surface area contributed by atoms with Gasteiger partial charge < -0.3 is 14.4 Å². The molecule has 0 aliphatic carbocycles. The lowest BCUT2D eigenvalue weighted by atomic mass is 10.3. The Balaban J connectivity index is 4.95. The predicted molar refractivity (Wildman–Crippen MR) is 64.3 cm³/mol. The number of carbonyl (C=O) groups excluding carboxylic acids is 2. The van der Waals surface area contributed by atoms with E-state index in [4.69, 9.17) is 9.47 Å².